The predicted molar refractivity (Wildman–Crippen MR) is 89.5 cm³/mol. The highest BCUT2D eigenvalue weighted by Crippen LogP contribution is 2.19. The topological polar surface area (TPSA) is 48.8 Å². The number of hydrogen-bond donors (Lipinski definition) is 1. The second-order valence-corrected chi connectivity index (χ2v) is 5.90. The van der Waals surface area contributed by atoms with Crippen molar-refractivity contribution in [3.63, 3.8) is 0 Å². The molecule has 0 aliphatic rings. The lowest BCUT2D eigenvalue weighted by Gasteiger charge is -2.06. The van der Waals surface area contributed by atoms with Gasteiger partial charge in [0.25, 0.3) is 0 Å². The maximum absolute atomic E-state index is 5.68. The molecule has 2 N–H and O–H groups in total. The van der Waals surface area contributed by atoms with Crippen molar-refractivity contribution in [1.82, 2.24) is 14.3 Å². The first-order chi connectivity index (χ1) is 10.0. The number of benzene rings is 1. The molecule has 108 valence electrons. The van der Waals surface area contributed by atoms with Crippen molar-refractivity contribution >= 4 is 28.1 Å². The Morgan fingerprint density at radius 2 is 2.05 bits per heavy atom. The SMILES string of the molecule is CC(C)n1ccc(Cn2ccc3cc(C(N)=S)ccc32)n1. The second kappa shape index (κ2) is 5.33. The molecule has 0 atom stereocenters. The number of fused-ring (bicyclic) bond motifs is 1. The predicted octanol–water partition coefficient (Wildman–Crippen LogP) is 3.10. The van der Waals surface area contributed by atoms with E-state index < -0.39 is 0 Å². The molecular formula is C16H18N4S. The van der Waals surface area contributed by atoms with E-state index in [0.717, 1.165) is 28.7 Å². The van der Waals surface area contributed by atoms with Gasteiger partial charge in [-0.1, -0.05) is 12.2 Å². The Balaban J connectivity index is 1.91. The molecule has 21 heavy (non-hydrogen) atoms. The average Bonchev–Trinajstić information content (AvgIpc) is 3.06. The summed E-state index contributed by atoms with van der Waals surface area (Å²) in [6.45, 7) is 5.01. The number of thiocarbonyl (C=S) groups is 1. The molecule has 3 aromatic rings. The van der Waals surface area contributed by atoms with Gasteiger partial charge in [0.15, 0.2) is 0 Å². The third kappa shape index (κ3) is 2.69. The van der Waals surface area contributed by atoms with Crippen LogP contribution in [0.25, 0.3) is 10.9 Å². The summed E-state index contributed by atoms with van der Waals surface area (Å²) in [5.74, 6) is 0. The van der Waals surface area contributed by atoms with Gasteiger partial charge in [-0.05, 0) is 44.2 Å². The summed E-state index contributed by atoms with van der Waals surface area (Å²) in [6, 6.07) is 10.6. The van der Waals surface area contributed by atoms with Crippen molar-refractivity contribution in [2.75, 3.05) is 0 Å². The summed E-state index contributed by atoms with van der Waals surface area (Å²) in [7, 11) is 0. The van der Waals surface area contributed by atoms with Crippen LogP contribution in [-0.2, 0) is 6.54 Å². The van der Waals surface area contributed by atoms with Crippen molar-refractivity contribution in [1.29, 1.82) is 0 Å². The minimum absolute atomic E-state index is 0.383. The van der Waals surface area contributed by atoms with Crippen molar-refractivity contribution < 1.29 is 0 Å². The molecule has 4 nitrogen and oxygen atoms in total. The van der Waals surface area contributed by atoms with Crippen LogP contribution in [0.15, 0.2) is 42.7 Å². The molecule has 0 aliphatic carbocycles. The van der Waals surface area contributed by atoms with Gasteiger partial charge < -0.3 is 10.3 Å². The Labute approximate surface area is 129 Å². The van der Waals surface area contributed by atoms with Crippen molar-refractivity contribution in [2.24, 2.45) is 5.73 Å². The molecule has 0 amide bonds. The van der Waals surface area contributed by atoms with Crippen LogP contribution in [0.2, 0.25) is 0 Å². The molecule has 0 radical (unpaired) electrons. The van der Waals surface area contributed by atoms with E-state index in [1.54, 1.807) is 0 Å². The van der Waals surface area contributed by atoms with E-state index >= 15 is 0 Å². The van der Waals surface area contributed by atoms with Crippen molar-refractivity contribution in [2.45, 2.75) is 26.4 Å². The molecule has 5 heteroatoms. The van der Waals surface area contributed by atoms with Gasteiger partial charge in [-0.25, -0.2) is 0 Å². The quantitative estimate of drug-likeness (QED) is 0.753. The summed E-state index contributed by atoms with van der Waals surface area (Å²) in [6.07, 6.45) is 4.10. The van der Waals surface area contributed by atoms with Crippen LogP contribution in [0, 0.1) is 0 Å². The Morgan fingerprint density at radius 1 is 1.24 bits per heavy atom. The maximum atomic E-state index is 5.68. The van der Waals surface area contributed by atoms with E-state index in [1.807, 2.05) is 23.0 Å². The van der Waals surface area contributed by atoms with Crippen LogP contribution < -0.4 is 5.73 Å². The fourth-order valence-electron chi connectivity index (χ4n) is 2.42. The van der Waals surface area contributed by atoms with Gasteiger partial charge >= 0.3 is 0 Å². The average molecular weight is 298 g/mol. The van der Waals surface area contributed by atoms with Crippen LogP contribution in [0.3, 0.4) is 0 Å². The van der Waals surface area contributed by atoms with E-state index in [2.05, 4.69) is 47.9 Å². The van der Waals surface area contributed by atoms with Crippen LogP contribution in [0.1, 0.15) is 31.1 Å². The number of hydrogen-bond acceptors (Lipinski definition) is 2. The van der Waals surface area contributed by atoms with Gasteiger partial charge in [0.1, 0.15) is 4.99 Å². The first-order valence-corrected chi connectivity index (χ1v) is 7.38. The highest BCUT2D eigenvalue weighted by atomic mass is 32.1. The molecule has 0 saturated heterocycles. The van der Waals surface area contributed by atoms with Crippen molar-refractivity contribution in [3.05, 3.63) is 54.0 Å². The monoisotopic (exact) mass is 298 g/mol. The van der Waals surface area contributed by atoms with Crippen LogP contribution >= 0.6 is 12.2 Å². The first kappa shape index (κ1) is 13.8. The number of nitrogens with zero attached hydrogens (tertiary/aromatic N) is 3. The van der Waals surface area contributed by atoms with E-state index in [4.69, 9.17) is 18.0 Å². The highest BCUT2D eigenvalue weighted by molar-refractivity contribution is 7.80. The zero-order chi connectivity index (χ0) is 15.0. The minimum Gasteiger partial charge on any atom is -0.389 e. The van der Waals surface area contributed by atoms with E-state index in [0.29, 0.717) is 11.0 Å². The van der Waals surface area contributed by atoms with E-state index in [9.17, 15) is 0 Å². The molecule has 0 bridgehead atoms. The van der Waals surface area contributed by atoms with E-state index in [1.165, 1.54) is 0 Å². The van der Waals surface area contributed by atoms with Gasteiger partial charge in [-0.3, -0.25) is 4.68 Å². The smallest absolute Gasteiger partial charge is 0.104 e. The lowest BCUT2D eigenvalue weighted by molar-refractivity contribution is 0.524. The lowest BCUT2D eigenvalue weighted by atomic mass is 10.1. The fourth-order valence-corrected chi connectivity index (χ4v) is 2.54. The molecule has 0 unspecified atom stereocenters. The van der Waals surface area contributed by atoms with Gasteiger partial charge in [0.05, 0.1) is 12.2 Å². The van der Waals surface area contributed by atoms with Gasteiger partial charge in [0.2, 0.25) is 0 Å². The molecule has 2 aromatic heterocycles. The zero-order valence-corrected chi connectivity index (χ0v) is 13.0. The third-order valence-corrected chi connectivity index (χ3v) is 3.82. The number of rotatable bonds is 4. The fraction of sp³-hybridized carbons (Fsp3) is 0.250. The second-order valence-electron chi connectivity index (χ2n) is 5.46. The molecule has 3 rings (SSSR count). The first-order valence-electron chi connectivity index (χ1n) is 6.97. The molecule has 2 heterocycles. The Bertz CT molecular complexity index is 798. The number of nitrogens with two attached hydrogens (primary N) is 1. The maximum Gasteiger partial charge on any atom is 0.104 e. The largest absolute Gasteiger partial charge is 0.389 e. The van der Waals surface area contributed by atoms with Gasteiger partial charge in [0, 0.05) is 34.9 Å². The highest BCUT2D eigenvalue weighted by Gasteiger charge is 2.07. The lowest BCUT2D eigenvalue weighted by Crippen LogP contribution is -2.09. The summed E-state index contributed by atoms with van der Waals surface area (Å²) in [5, 5.41) is 5.73. The molecule has 0 saturated carbocycles. The molecule has 0 aliphatic heterocycles. The van der Waals surface area contributed by atoms with Gasteiger partial charge in [-0.15, -0.1) is 0 Å². The normalized spacial score (nSPS) is 11.4. The third-order valence-electron chi connectivity index (χ3n) is 3.58. The standard InChI is InChI=1S/C16H18N4S/c1-11(2)20-8-6-14(18-20)10-19-7-5-12-9-13(16(17)21)3-4-15(12)19/h3-9,11H,10H2,1-2H3,(H2,17,21). The molecule has 0 fully saturated rings. The summed E-state index contributed by atoms with van der Waals surface area (Å²) < 4.78 is 4.16. The summed E-state index contributed by atoms with van der Waals surface area (Å²) in [4.78, 5) is 0.431. The molecule has 0 spiro atoms. The van der Waals surface area contributed by atoms with Crippen LogP contribution in [-0.4, -0.2) is 19.3 Å². The summed E-state index contributed by atoms with van der Waals surface area (Å²) >= 11 is 5.02. The van der Waals surface area contributed by atoms with Crippen LogP contribution in [0.4, 0.5) is 0 Å². The Hall–Kier alpha value is -2.14. The van der Waals surface area contributed by atoms with Crippen molar-refractivity contribution in [3.8, 4) is 0 Å². The molecular weight excluding hydrogens is 280 g/mol. The Kier molecular flexibility index (Phi) is 3.51. The zero-order valence-electron chi connectivity index (χ0n) is 12.2. The van der Waals surface area contributed by atoms with Crippen LogP contribution in [0.5, 0.6) is 0 Å². The number of aromatic nitrogens is 3. The molecule has 1 aromatic carbocycles. The Morgan fingerprint density at radius 3 is 2.71 bits per heavy atom. The summed E-state index contributed by atoms with van der Waals surface area (Å²) in [5.41, 5.74) is 8.80. The minimum atomic E-state index is 0.383. The van der Waals surface area contributed by atoms with E-state index in [-0.39, 0.29) is 0 Å². The van der Waals surface area contributed by atoms with Gasteiger partial charge in [-0.2, -0.15) is 5.10 Å².